The Morgan fingerprint density at radius 2 is 1.76 bits per heavy atom. The van der Waals surface area contributed by atoms with Crippen LogP contribution in [-0.4, -0.2) is 24.7 Å². The molecule has 0 spiro atoms. The molecule has 3 heteroatoms. The highest BCUT2D eigenvalue weighted by molar-refractivity contribution is 5.88. The molecule has 0 unspecified atom stereocenters. The minimum Gasteiger partial charge on any atom is -0.478 e. The first-order chi connectivity index (χ1) is 11.8. The molecule has 0 radical (unpaired) electrons. The fourth-order valence-electron chi connectivity index (χ4n) is 3.42. The van der Waals surface area contributed by atoms with Crippen molar-refractivity contribution in [2.45, 2.75) is 32.6 Å². The van der Waals surface area contributed by atoms with E-state index in [1.165, 1.54) is 28.8 Å². The number of rotatable bonds is 3. The monoisotopic (exact) mass is 335 g/mol. The Labute approximate surface area is 149 Å². The number of hydrogen-bond donors (Lipinski definition) is 1. The van der Waals surface area contributed by atoms with Gasteiger partial charge in [-0.1, -0.05) is 44.2 Å². The molecule has 0 aliphatic carbocycles. The molecule has 1 aliphatic rings. The van der Waals surface area contributed by atoms with Crippen LogP contribution >= 0.6 is 0 Å². The minimum atomic E-state index is -0.896. The van der Waals surface area contributed by atoms with Crippen molar-refractivity contribution in [1.29, 1.82) is 0 Å². The maximum atomic E-state index is 11.0. The fraction of sp³-hybridized carbons (Fsp3) is 0.318. The third-order valence-electron chi connectivity index (χ3n) is 5.21. The SMILES string of the molecule is C/C(=C\c1ccc(C(=O)O)cc1)c1ccc2c(c1)N(C)CCC2(C)C. The Kier molecular flexibility index (Phi) is 4.42. The lowest BCUT2D eigenvalue weighted by Crippen LogP contribution is -2.34. The summed E-state index contributed by atoms with van der Waals surface area (Å²) < 4.78 is 0. The molecule has 1 aliphatic heterocycles. The van der Waals surface area contributed by atoms with Gasteiger partial charge in [0, 0.05) is 19.3 Å². The summed E-state index contributed by atoms with van der Waals surface area (Å²) in [6.45, 7) is 7.79. The highest BCUT2D eigenvalue weighted by Gasteiger charge is 2.29. The van der Waals surface area contributed by atoms with Crippen LogP contribution in [-0.2, 0) is 5.41 Å². The highest BCUT2D eigenvalue weighted by Crippen LogP contribution is 2.40. The number of carboxylic acid groups (broad SMARTS) is 1. The molecule has 0 fully saturated rings. The molecule has 0 atom stereocenters. The predicted octanol–water partition coefficient (Wildman–Crippen LogP) is 5.06. The lowest BCUT2D eigenvalue weighted by Gasteiger charge is -2.38. The van der Waals surface area contributed by atoms with Crippen molar-refractivity contribution in [2.24, 2.45) is 0 Å². The topological polar surface area (TPSA) is 40.5 Å². The van der Waals surface area contributed by atoms with E-state index in [1.54, 1.807) is 12.1 Å². The number of allylic oxidation sites excluding steroid dienone is 1. The Hall–Kier alpha value is -2.55. The normalized spacial score (nSPS) is 16.5. The van der Waals surface area contributed by atoms with Crippen LogP contribution in [0, 0.1) is 0 Å². The van der Waals surface area contributed by atoms with Crippen LogP contribution < -0.4 is 4.90 Å². The molecule has 3 rings (SSSR count). The summed E-state index contributed by atoms with van der Waals surface area (Å²) in [5, 5.41) is 9.00. The van der Waals surface area contributed by atoms with Gasteiger partial charge in [0.05, 0.1) is 5.56 Å². The third kappa shape index (κ3) is 3.46. The molecule has 0 saturated carbocycles. The maximum Gasteiger partial charge on any atom is 0.335 e. The summed E-state index contributed by atoms with van der Waals surface area (Å²) in [6, 6.07) is 13.7. The predicted molar refractivity (Wildman–Crippen MR) is 104 cm³/mol. The Morgan fingerprint density at radius 1 is 1.12 bits per heavy atom. The van der Waals surface area contributed by atoms with Crippen molar-refractivity contribution in [3.63, 3.8) is 0 Å². The molecule has 25 heavy (non-hydrogen) atoms. The van der Waals surface area contributed by atoms with E-state index in [4.69, 9.17) is 5.11 Å². The molecular weight excluding hydrogens is 310 g/mol. The van der Waals surface area contributed by atoms with Gasteiger partial charge in [0.1, 0.15) is 0 Å². The zero-order chi connectivity index (χ0) is 18.2. The number of hydrogen-bond acceptors (Lipinski definition) is 2. The van der Waals surface area contributed by atoms with Gasteiger partial charge < -0.3 is 10.0 Å². The largest absolute Gasteiger partial charge is 0.478 e. The van der Waals surface area contributed by atoms with Gasteiger partial charge in [0.2, 0.25) is 0 Å². The second kappa shape index (κ2) is 6.40. The first kappa shape index (κ1) is 17.3. The maximum absolute atomic E-state index is 11.0. The van der Waals surface area contributed by atoms with E-state index in [9.17, 15) is 4.79 Å². The van der Waals surface area contributed by atoms with E-state index in [-0.39, 0.29) is 5.41 Å². The van der Waals surface area contributed by atoms with E-state index in [0.717, 1.165) is 12.1 Å². The Morgan fingerprint density at radius 3 is 2.40 bits per heavy atom. The van der Waals surface area contributed by atoms with Crippen molar-refractivity contribution in [1.82, 2.24) is 0 Å². The van der Waals surface area contributed by atoms with Crippen LogP contribution in [0.15, 0.2) is 42.5 Å². The van der Waals surface area contributed by atoms with E-state index < -0.39 is 5.97 Å². The Bertz CT molecular complexity index is 832. The lowest BCUT2D eigenvalue weighted by molar-refractivity contribution is 0.0697. The zero-order valence-electron chi connectivity index (χ0n) is 15.3. The summed E-state index contributed by atoms with van der Waals surface area (Å²) in [7, 11) is 2.15. The average molecular weight is 335 g/mol. The summed E-state index contributed by atoms with van der Waals surface area (Å²) in [6.07, 6.45) is 3.27. The van der Waals surface area contributed by atoms with E-state index in [2.05, 4.69) is 57.0 Å². The summed E-state index contributed by atoms with van der Waals surface area (Å²) >= 11 is 0. The molecule has 130 valence electrons. The van der Waals surface area contributed by atoms with Crippen LogP contribution in [0.5, 0.6) is 0 Å². The molecule has 0 aromatic heterocycles. The summed E-state index contributed by atoms with van der Waals surface area (Å²) in [5.41, 5.74) is 6.62. The van der Waals surface area contributed by atoms with E-state index in [1.807, 2.05) is 12.1 Å². The van der Waals surface area contributed by atoms with Crippen LogP contribution in [0.2, 0.25) is 0 Å². The molecule has 0 amide bonds. The zero-order valence-corrected chi connectivity index (χ0v) is 15.3. The van der Waals surface area contributed by atoms with Gasteiger partial charge in [0.15, 0.2) is 0 Å². The number of nitrogens with zero attached hydrogens (tertiary/aromatic N) is 1. The fourth-order valence-corrected chi connectivity index (χ4v) is 3.42. The second-order valence-electron chi connectivity index (χ2n) is 7.54. The number of benzene rings is 2. The van der Waals surface area contributed by atoms with Gasteiger partial charge in [-0.3, -0.25) is 0 Å². The van der Waals surface area contributed by atoms with E-state index in [0.29, 0.717) is 5.56 Å². The average Bonchev–Trinajstić information content (AvgIpc) is 2.58. The van der Waals surface area contributed by atoms with Gasteiger partial charge in [-0.15, -0.1) is 0 Å². The molecule has 1 heterocycles. The quantitative estimate of drug-likeness (QED) is 0.797. The minimum absolute atomic E-state index is 0.213. The third-order valence-corrected chi connectivity index (χ3v) is 5.21. The molecule has 2 aromatic rings. The van der Waals surface area contributed by atoms with Crippen molar-refractivity contribution >= 4 is 23.3 Å². The highest BCUT2D eigenvalue weighted by atomic mass is 16.4. The van der Waals surface area contributed by atoms with E-state index >= 15 is 0 Å². The first-order valence-electron chi connectivity index (χ1n) is 8.66. The number of fused-ring (bicyclic) bond motifs is 1. The molecule has 0 bridgehead atoms. The number of carboxylic acids is 1. The van der Waals surface area contributed by atoms with Gasteiger partial charge in [-0.2, -0.15) is 0 Å². The van der Waals surface area contributed by atoms with Gasteiger partial charge >= 0.3 is 5.97 Å². The molecule has 0 saturated heterocycles. The van der Waals surface area contributed by atoms with Gasteiger partial charge in [-0.25, -0.2) is 4.79 Å². The molecular formula is C22H25NO2. The number of anilines is 1. The van der Waals surface area contributed by atoms with Gasteiger partial charge in [0.25, 0.3) is 0 Å². The van der Waals surface area contributed by atoms with Crippen LogP contribution in [0.1, 0.15) is 54.2 Å². The molecule has 1 N–H and O–H groups in total. The van der Waals surface area contributed by atoms with Crippen LogP contribution in [0.25, 0.3) is 11.6 Å². The number of carbonyl (C=O) groups is 1. The summed E-state index contributed by atoms with van der Waals surface area (Å²) in [5.74, 6) is -0.896. The van der Waals surface area contributed by atoms with Crippen molar-refractivity contribution in [2.75, 3.05) is 18.5 Å². The first-order valence-corrected chi connectivity index (χ1v) is 8.66. The molecule has 3 nitrogen and oxygen atoms in total. The van der Waals surface area contributed by atoms with Crippen molar-refractivity contribution < 1.29 is 9.90 Å². The Balaban J connectivity index is 1.93. The molecule has 2 aromatic carbocycles. The van der Waals surface area contributed by atoms with Crippen molar-refractivity contribution in [3.05, 3.63) is 64.7 Å². The van der Waals surface area contributed by atoms with Crippen LogP contribution in [0.3, 0.4) is 0 Å². The van der Waals surface area contributed by atoms with Crippen molar-refractivity contribution in [3.8, 4) is 0 Å². The second-order valence-corrected chi connectivity index (χ2v) is 7.54. The van der Waals surface area contributed by atoms with Crippen LogP contribution in [0.4, 0.5) is 5.69 Å². The number of aromatic carboxylic acids is 1. The summed E-state index contributed by atoms with van der Waals surface area (Å²) in [4.78, 5) is 13.3. The smallest absolute Gasteiger partial charge is 0.335 e. The van der Waals surface area contributed by atoms with Gasteiger partial charge in [-0.05, 0) is 59.2 Å². The lowest BCUT2D eigenvalue weighted by atomic mass is 9.77. The standard InChI is InChI=1S/C22H25NO2/c1-15(13-16-5-7-17(8-6-16)21(24)25)18-9-10-19-20(14-18)23(4)12-11-22(19,2)3/h5-10,13-14H,11-12H2,1-4H3,(H,24,25)/b15-13+.